The first-order valence-electron chi connectivity index (χ1n) is 9.25. The van der Waals surface area contributed by atoms with Gasteiger partial charge in [0, 0.05) is 31.8 Å². The number of likely N-dealkylation sites (tertiary alicyclic amines) is 1. The highest BCUT2D eigenvalue weighted by Crippen LogP contribution is 2.29. The van der Waals surface area contributed by atoms with Crippen LogP contribution in [0.25, 0.3) is 0 Å². The number of benzene rings is 1. The summed E-state index contributed by atoms with van der Waals surface area (Å²) >= 11 is 0. The van der Waals surface area contributed by atoms with E-state index in [1.165, 1.54) is 0 Å². The Kier molecular flexibility index (Phi) is 6.13. The normalized spacial score (nSPS) is 16.9. The maximum Gasteiger partial charge on any atom is 0.276 e. The minimum absolute atomic E-state index is 0.169. The highest BCUT2D eigenvalue weighted by atomic mass is 16.5. The van der Waals surface area contributed by atoms with Gasteiger partial charge in [-0.05, 0) is 25.8 Å². The molecule has 0 aliphatic carbocycles. The molecule has 0 radical (unpaired) electrons. The molecule has 1 aromatic carbocycles. The quantitative estimate of drug-likeness (QED) is 0.838. The van der Waals surface area contributed by atoms with E-state index < -0.39 is 0 Å². The van der Waals surface area contributed by atoms with Gasteiger partial charge in [-0.2, -0.15) is 0 Å². The van der Waals surface area contributed by atoms with E-state index in [2.05, 4.69) is 10.1 Å². The molecule has 27 heavy (non-hydrogen) atoms. The van der Waals surface area contributed by atoms with Crippen molar-refractivity contribution in [3.8, 4) is 5.75 Å². The number of rotatable bonds is 6. The number of hydrogen-bond acceptors (Lipinski definition) is 6. The number of aliphatic hydroxyl groups is 1. The molecule has 0 spiro atoms. The van der Waals surface area contributed by atoms with E-state index in [1.54, 1.807) is 25.1 Å². The summed E-state index contributed by atoms with van der Waals surface area (Å²) in [5.41, 5.74) is 1.23. The molecule has 1 amide bonds. The van der Waals surface area contributed by atoms with Gasteiger partial charge in [-0.3, -0.25) is 9.69 Å². The predicted molar refractivity (Wildman–Crippen MR) is 101 cm³/mol. The molecule has 1 aromatic heterocycles. The van der Waals surface area contributed by atoms with Crippen molar-refractivity contribution in [2.45, 2.75) is 38.5 Å². The van der Waals surface area contributed by atoms with Gasteiger partial charge in [0.25, 0.3) is 5.91 Å². The van der Waals surface area contributed by atoms with E-state index in [0.29, 0.717) is 18.0 Å². The fourth-order valence-electron chi connectivity index (χ4n) is 3.36. The summed E-state index contributed by atoms with van der Waals surface area (Å²) in [5, 5.41) is 13.6. The highest BCUT2D eigenvalue weighted by molar-refractivity contribution is 5.92. The Bertz CT molecular complexity index is 768. The summed E-state index contributed by atoms with van der Waals surface area (Å²) < 4.78 is 10.8. The van der Waals surface area contributed by atoms with Gasteiger partial charge >= 0.3 is 0 Å². The number of aromatic nitrogens is 1. The molecule has 7 nitrogen and oxygen atoms in total. The average molecular weight is 373 g/mol. The predicted octanol–water partition coefficient (Wildman–Crippen LogP) is 2.47. The average Bonchev–Trinajstić information content (AvgIpc) is 3.16. The minimum Gasteiger partial charge on any atom is -0.496 e. The SMILES string of the molecule is COc1ccccc1[C@H](C)N(C)C(=O)c1cc(CN2CCC(O)CC2)on1. The van der Waals surface area contributed by atoms with Gasteiger partial charge in [-0.1, -0.05) is 23.4 Å². The van der Waals surface area contributed by atoms with Crippen LogP contribution in [0.15, 0.2) is 34.9 Å². The molecule has 1 atom stereocenters. The van der Waals surface area contributed by atoms with Crippen molar-refractivity contribution in [1.82, 2.24) is 15.0 Å². The molecule has 2 heterocycles. The summed E-state index contributed by atoms with van der Waals surface area (Å²) in [7, 11) is 3.37. The third-order valence-electron chi connectivity index (χ3n) is 5.20. The van der Waals surface area contributed by atoms with E-state index in [0.717, 1.165) is 37.2 Å². The second-order valence-electron chi connectivity index (χ2n) is 7.02. The first-order valence-corrected chi connectivity index (χ1v) is 9.25. The van der Waals surface area contributed by atoms with Gasteiger partial charge in [0.05, 0.1) is 25.8 Å². The maximum absolute atomic E-state index is 12.8. The largest absolute Gasteiger partial charge is 0.496 e. The standard InChI is InChI=1S/C20H27N3O4/c1-14(17-6-4-5-7-19(17)26-3)22(2)20(25)18-12-16(27-21-18)13-23-10-8-15(24)9-11-23/h4-7,12,14-15,24H,8-11,13H2,1-3H3/t14-/m0/s1. The van der Waals surface area contributed by atoms with Crippen molar-refractivity contribution in [3.05, 3.63) is 47.3 Å². The topological polar surface area (TPSA) is 79.0 Å². The number of amides is 1. The zero-order valence-electron chi connectivity index (χ0n) is 16.1. The number of piperidine rings is 1. The number of methoxy groups -OCH3 is 1. The van der Waals surface area contributed by atoms with Crippen LogP contribution in [-0.2, 0) is 6.54 Å². The second-order valence-corrected chi connectivity index (χ2v) is 7.02. The Balaban J connectivity index is 1.66. The van der Waals surface area contributed by atoms with Gasteiger partial charge < -0.3 is 19.3 Å². The van der Waals surface area contributed by atoms with Gasteiger partial charge in [-0.25, -0.2) is 0 Å². The Hall–Kier alpha value is -2.38. The molecule has 7 heteroatoms. The van der Waals surface area contributed by atoms with Gasteiger partial charge in [-0.15, -0.1) is 0 Å². The Morgan fingerprint density at radius 2 is 2.11 bits per heavy atom. The first kappa shape index (κ1) is 19.4. The number of nitrogens with zero attached hydrogens (tertiary/aromatic N) is 3. The number of carbonyl (C=O) groups excluding carboxylic acids is 1. The van der Waals surface area contributed by atoms with Crippen LogP contribution in [0.4, 0.5) is 0 Å². The van der Waals surface area contributed by atoms with E-state index in [9.17, 15) is 9.90 Å². The molecule has 1 fully saturated rings. The van der Waals surface area contributed by atoms with Gasteiger partial charge in [0.2, 0.25) is 0 Å². The number of para-hydroxylation sites is 1. The molecule has 2 aromatic rings. The number of carbonyl (C=O) groups is 1. The summed E-state index contributed by atoms with van der Waals surface area (Å²) in [5.74, 6) is 1.21. The number of ether oxygens (including phenoxy) is 1. The highest BCUT2D eigenvalue weighted by Gasteiger charge is 2.25. The van der Waals surface area contributed by atoms with Crippen molar-refractivity contribution >= 4 is 5.91 Å². The lowest BCUT2D eigenvalue weighted by Gasteiger charge is -2.28. The maximum atomic E-state index is 12.8. The van der Waals surface area contributed by atoms with E-state index in [-0.39, 0.29) is 18.1 Å². The van der Waals surface area contributed by atoms with Crippen LogP contribution < -0.4 is 4.74 Å². The molecule has 1 N–H and O–H groups in total. The molecule has 1 aliphatic rings. The summed E-state index contributed by atoms with van der Waals surface area (Å²) in [6, 6.07) is 9.20. The molecule has 3 rings (SSSR count). The van der Waals surface area contributed by atoms with Crippen LogP contribution >= 0.6 is 0 Å². The molecular formula is C20H27N3O4. The summed E-state index contributed by atoms with van der Waals surface area (Å²) in [6.07, 6.45) is 1.32. The molecule has 146 valence electrons. The van der Waals surface area contributed by atoms with Crippen molar-refractivity contribution in [3.63, 3.8) is 0 Å². The van der Waals surface area contributed by atoms with Crippen molar-refractivity contribution in [2.24, 2.45) is 0 Å². The van der Waals surface area contributed by atoms with Crippen LogP contribution in [0.5, 0.6) is 5.75 Å². The lowest BCUT2D eigenvalue weighted by molar-refractivity contribution is 0.0723. The molecular weight excluding hydrogens is 346 g/mol. The lowest BCUT2D eigenvalue weighted by atomic mass is 10.1. The number of hydrogen-bond donors (Lipinski definition) is 1. The van der Waals surface area contributed by atoms with Gasteiger partial charge in [0.1, 0.15) is 5.75 Å². The van der Waals surface area contributed by atoms with E-state index >= 15 is 0 Å². The van der Waals surface area contributed by atoms with Crippen molar-refractivity contribution < 1.29 is 19.2 Å². The third-order valence-corrected chi connectivity index (χ3v) is 5.20. The first-order chi connectivity index (χ1) is 13.0. The van der Waals surface area contributed by atoms with Crippen LogP contribution in [0.1, 0.15) is 47.6 Å². The fourth-order valence-corrected chi connectivity index (χ4v) is 3.36. The van der Waals surface area contributed by atoms with E-state index in [1.807, 2.05) is 31.2 Å². The number of aliphatic hydroxyl groups excluding tert-OH is 1. The van der Waals surface area contributed by atoms with Gasteiger partial charge in [0.15, 0.2) is 11.5 Å². The third kappa shape index (κ3) is 4.48. The zero-order chi connectivity index (χ0) is 19.4. The van der Waals surface area contributed by atoms with Crippen LogP contribution in [0.3, 0.4) is 0 Å². The van der Waals surface area contributed by atoms with Crippen LogP contribution in [-0.4, -0.2) is 59.3 Å². The van der Waals surface area contributed by atoms with Crippen molar-refractivity contribution in [1.29, 1.82) is 0 Å². The monoisotopic (exact) mass is 373 g/mol. The Morgan fingerprint density at radius 3 is 2.81 bits per heavy atom. The summed E-state index contributed by atoms with van der Waals surface area (Å²) in [6.45, 7) is 4.18. The Morgan fingerprint density at radius 1 is 1.41 bits per heavy atom. The Labute approximate surface area is 159 Å². The van der Waals surface area contributed by atoms with E-state index in [4.69, 9.17) is 9.26 Å². The summed E-state index contributed by atoms with van der Waals surface area (Å²) in [4.78, 5) is 16.7. The molecule has 1 saturated heterocycles. The van der Waals surface area contributed by atoms with Crippen molar-refractivity contribution in [2.75, 3.05) is 27.2 Å². The minimum atomic E-state index is -0.210. The van der Waals surface area contributed by atoms with Crippen LogP contribution in [0, 0.1) is 0 Å². The fraction of sp³-hybridized carbons (Fsp3) is 0.500. The molecule has 0 saturated carbocycles. The zero-order valence-corrected chi connectivity index (χ0v) is 16.1. The van der Waals surface area contributed by atoms with Crippen LogP contribution in [0.2, 0.25) is 0 Å². The molecule has 0 unspecified atom stereocenters. The molecule has 1 aliphatic heterocycles. The smallest absolute Gasteiger partial charge is 0.276 e. The molecule has 0 bridgehead atoms. The second kappa shape index (κ2) is 8.54. The lowest BCUT2D eigenvalue weighted by Crippen LogP contribution is -2.35.